The van der Waals surface area contributed by atoms with Crippen LogP contribution in [0.5, 0.6) is 5.75 Å². The van der Waals surface area contributed by atoms with Gasteiger partial charge in [-0.15, -0.1) is 5.10 Å². The van der Waals surface area contributed by atoms with Crippen molar-refractivity contribution in [1.29, 1.82) is 0 Å². The van der Waals surface area contributed by atoms with Gasteiger partial charge in [0.25, 0.3) is 0 Å². The Morgan fingerprint density at radius 2 is 2.00 bits per heavy atom. The molecule has 0 saturated carbocycles. The standard InChI is InChI=1S/C17H25N5O/c23-17-9-6-15(7-10-17)5-8-16-4-1-2-11-21(16)12-3-13-22-14-18-19-20-22/h6-7,9-10,14,16,23H,1-5,8,11-13H2. The molecule has 23 heavy (non-hydrogen) atoms. The lowest BCUT2D eigenvalue weighted by Crippen LogP contribution is -2.40. The van der Waals surface area contributed by atoms with E-state index in [0.29, 0.717) is 11.8 Å². The molecule has 0 aliphatic carbocycles. The minimum absolute atomic E-state index is 0.343. The molecule has 1 N–H and O–H groups in total. The molecule has 6 nitrogen and oxygen atoms in total. The van der Waals surface area contributed by atoms with Gasteiger partial charge in [0.2, 0.25) is 0 Å². The number of tetrazole rings is 1. The summed E-state index contributed by atoms with van der Waals surface area (Å²) in [6, 6.07) is 8.28. The number of hydrogen-bond acceptors (Lipinski definition) is 5. The molecule has 3 rings (SSSR count). The van der Waals surface area contributed by atoms with Crippen LogP contribution in [0, 0.1) is 0 Å². The van der Waals surface area contributed by atoms with Crippen LogP contribution in [0.2, 0.25) is 0 Å². The Hall–Kier alpha value is -1.95. The zero-order valence-corrected chi connectivity index (χ0v) is 13.5. The molecule has 1 saturated heterocycles. The SMILES string of the molecule is Oc1ccc(CCC2CCCCN2CCCn2cnnn2)cc1. The molecule has 0 amide bonds. The number of phenolic OH excluding ortho intramolecular Hbond substituents is 1. The van der Waals surface area contributed by atoms with E-state index in [1.54, 1.807) is 23.1 Å². The second-order valence-electron chi connectivity index (χ2n) is 6.32. The van der Waals surface area contributed by atoms with E-state index in [2.05, 4.69) is 20.4 Å². The van der Waals surface area contributed by atoms with Crippen LogP contribution in [0.25, 0.3) is 0 Å². The lowest BCUT2D eigenvalue weighted by atomic mass is 9.95. The van der Waals surface area contributed by atoms with Crippen molar-refractivity contribution >= 4 is 0 Å². The highest BCUT2D eigenvalue weighted by Crippen LogP contribution is 2.22. The summed E-state index contributed by atoms with van der Waals surface area (Å²) >= 11 is 0. The molecule has 1 aliphatic rings. The minimum atomic E-state index is 0.343. The van der Waals surface area contributed by atoms with Crippen molar-refractivity contribution in [3.63, 3.8) is 0 Å². The van der Waals surface area contributed by atoms with Crippen molar-refractivity contribution in [2.75, 3.05) is 13.1 Å². The van der Waals surface area contributed by atoms with E-state index in [9.17, 15) is 5.11 Å². The summed E-state index contributed by atoms with van der Waals surface area (Å²) in [5, 5.41) is 20.6. The number of phenols is 1. The van der Waals surface area contributed by atoms with E-state index in [4.69, 9.17) is 0 Å². The minimum Gasteiger partial charge on any atom is -0.508 e. The molecule has 6 heteroatoms. The van der Waals surface area contributed by atoms with Gasteiger partial charge < -0.3 is 10.0 Å². The van der Waals surface area contributed by atoms with E-state index in [0.717, 1.165) is 25.9 Å². The fourth-order valence-electron chi connectivity index (χ4n) is 3.40. The van der Waals surface area contributed by atoms with Gasteiger partial charge >= 0.3 is 0 Å². The van der Waals surface area contributed by atoms with Gasteiger partial charge in [0.15, 0.2) is 0 Å². The summed E-state index contributed by atoms with van der Waals surface area (Å²) in [5.74, 6) is 0.343. The molecule has 1 unspecified atom stereocenters. The Morgan fingerprint density at radius 3 is 2.78 bits per heavy atom. The van der Waals surface area contributed by atoms with Gasteiger partial charge in [-0.2, -0.15) is 0 Å². The third kappa shape index (κ3) is 4.76. The molecule has 2 heterocycles. The van der Waals surface area contributed by atoms with Crippen molar-refractivity contribution in [2.45, 2.75) is 51.1 Å². The first-order chi connectivity index (χ1) is 11.3. The van der Waals surface area contributed by atoms with E-state index in [1.807, 2.05) is 12.1 Å². The highest BCUT2D eigenvalue weighted by atomic mass is 16.3. The highest BCUT2D eigenvalue weighted by Gasteiger charge is 2.21. The number of nitrogens with zero attached hydrogens (tertiary/aromatic N) is 5. The third-order valence-corrected chi connectivity index (χ3v) is 4.68. The maximum Gasteiger partial charge on any atom is 0.138 e. The van der Waals surface area contributed by atoms with Crippen molar-refractivity contribution < 1.29 is 5.11 Å². The topological polar surface area (TPSA) is 67.1 Å². The van der Waals surface area contributed by atoms with Crippen molar-refractivity contribution in [2.24, 2.45) is 0 Å². The van der Waals surface area contributed by atoms with Gasteiger partial charge in [-0.25, -0.2) is 4.68 Å². The van der Waals surface area contributed by atoms with Crippen LogP contribution in [-0.2, 0) is 13.0 Å². The Kier molecular flexibility index (Phi) is 5.58. The van der Waals surface area contributed by atoms with Gasteiger partial charge in [-0.3, -0.25) is 0 Å². The van der Waals surface area contributed by atoms with Gasteiger partial charge in [-0.05, 0) is 66.8 Å². The number of aryl methyl sites for hydroxylation is 2. The summed E-state index contributed by atoms with van der Waals surface area (Å²) in [6.45, 7) is 3.20. The summed E-state index contributed by atoms with van der Waals surface area (Å²) in [6.07, 6.45) is 8.97. The van der Waals surface area contributed by atoms with Crippen molar-refractivity contribution in [3.8, 4) is 5.75 Å². The van der Waals surface area contributed by atoms with E-state index < -0.39 is 0 Å². The van der Waals surface area contributed by atoms with Crippen LogP contribution in [0.15, 0.2) is 30.6 Å². The Balaban J connectivity index is 1.46. The summed E-state index contributed by atoms with van der Waals surface area (Å²) in [5.41, 5.74) is 1.31. The first kappa shape index (κ1) is 15.9. The van der Waals surface area contributed by atoms with Crippen molar-refractivity contribution in [1.82, 2.24) is 25.1 Å². The second-order valence-corrected chi connectivity index (χ2v) is 6.32. The fraction of sp³-hybridized carbons (Fsp3) is 0.588. The number of hydrogen-bond donors (Lipinski definition) is 1. The molecule has 0 spiro atoms. The van der Waals surface area contributed by atoms with Crippen LogP contribution in [-0.4, -0.2) is 49.3 Å². The quantitative estimate of drug-likeness (QED) is 0.849. The number of piperidine rings is 1. The molecular weight excluding hydrogens is 290 g/mol. The molecule has 1 atom stereocenters. The predicted molar refractivity (Wildman–Crippen MR) is 88.1 cm³/mol. The molecule has 2 aromatic rings. The summed E-state index contributed by atoms with van der Waals surface area (Å²) in [4.78, 5) is 2.63. The molecule has 1 aromatic heterocycles. The largest absolute Gasteiger partial charge is 0.508 e. The molecule has 124 valence electrons. The van der Waals surface area contributed by atoms with Crippen LogP contribution in [0.3, 0.4) is 0 Å². The molecule has 0 bridgehead atoms. The van der Waals surface area contributed by atoms with Gasteiger partial charge in [-0.1, -0.05) is 18.6 Å². The zero-order chi connectivity index (χ0) is 15.9. The lowest BCUT2D eigenvalue weighted by Gasteiger charge is -2.36. The first-order valence-corrected chi connectivity index (χ1v) is 8.54. The van der Waals surface area contributed by atoms with E-state index >= 15 is 0 Å². The lowest BCUT2D eigenvalue weighted by molar-refractivity contribution is 0.136. The Labute approximate surface area is 137 Å². The van der Waals surface area contributed by atoms with E-state index in [1.165, 1.54) is 37.8 Å². The van der Waals surface area contributed by atoms with Crippen LogP contribution in [0.4, 0.5) is 0 Å². The van der Waals surface area contributed by atoms with Gasteiger partial charge in [0, 0.05) is 19.1 Å². The smallest absolute Gasteiger partial charge is 0.138 e. The number of aromatic hydroxyl groups is 1. The summed E-state index contributed by atoms with van der Waals surface area (Å²) < 4.78 is 1.80. The normalized spacial score (nSPS) is 19.0. The number of benzene rings is 1. The Morgan fingerprint density at radius 1 is 1.13 bits per heavy atom. The van der Waals surface area contributed by atoms with Gasteiger partial charge in [0.1, 0.15) is 12.1 Å². The van der Waals surface area contributed by atoms with Crippen LogP contribution < -0.4 is 0 Å². The number of likely N-dealkylation sites (tertiary alicyclic amines) is 1. The van der Waals surface area contributed by atoms with Gasteiger partial charge in [0.05, 0.1) is 0 Å². The maximum atomic E-state index is 9.37. The predicted octanol–water partition coefficient (Wildman–Crippen LogP) is 2.26. The third-order valence-electron chi connectivity index (χ3n) is 4.68. The molecule has 0 radical (unpaired) electrons. The monoisotopic (exact) mass is 315 g/mol. The highest BCUT2D eigenvalue weighted by molar-refractivity contribution is 5.25. The average molecular weight is 315 g/mol. The zero-order valence-electron chi connectivity index (χ0n) is 13.5. The molecule has 1 aromatic carbocycles. The first-order valence-electron chi connectivity index (χ1n) is 8.54. The van der Waals surface area contributed by atoms with E-state index in [-0.39, 0.29) is 0 Å². The fourth-order valence-corrected chi connectivity index (χ4v) is 3.40. The maximum absolute atomic E-state index is 9.37. The Bertz CT molecular complexity index is 569. The summed E-state index contributed by atoms with van der Waals surface area (Å²) in [7, 11) is 0. The number of rotatable bonds is 7. The molecule has 1 fully saturated rings. The van der Waals surface area contributed by atoms with Crippen molar-refractivity contribution in [3.05, 3.63) is 36.2 Å². The van der Waals surface area contributed by atoms with Crippen LogP contribution >= 0.6 is 0 Å². The second kappa shape index (κ2) is 8.06. The van der Waals surface area contributed by atoms with Crippen LogP contribution in [0.1, 0.15) is 37.7 Å². The average Bonchev–Trinajstić information content (AvgIpc) is 3.09. The molecule has 1 aliphatic heterocycles. The molecular formula is C17H25N5O. The number of aromatic nitrogens is 4.